The van der Waals surface area contributed by atoms with Crippen LogP contribution in [0.4, 0.5) is 0 Å². The Hall–Kier alpha value is -0.750. The van der Waals surface area contributed by atoms with Crippen molar-refractivity contribution in [2.24, 2.45) is 0 Å². The molecule has 0 saturated carbocycles. The fourth-order valence-electron chi connectivity index (χ4n) is 1.60. The quantitative estimate of drug-likeness (QED) is 0.118. The first kappa shape index (κ1) is 22.2. The minimum Gasteiger partial charge on any atom is -0.497 e. The lowest BCUT2D eigenvalue weighted by molar-refractivity contribution is -0.150. The average molecular weight is 453 g/mol. The van der Waals surface area contributed by atoms with Crippen molar-refractivity contribution in [3.05, 3.63) is 47.8 Å². The Labute approximate surface area is 158 Å². The number of hydrogen-bond acceptors (Lipinski definition) is 3. The molecule has 0 aliphatic heterocycles. The maximum atomic E-state index is 12.4. The third kappa shape index (κ3) is 11.4. The van der Waals surface area contributed by atoms with Gasteiger partial charge in [-0.25, -0.2) is 4.79 Å². The first-order chi connectivity index (χ1) is 10.7. The molecule has 3 nitrogen and oxygen atoms in total. The summed E-state index contributed by atoms with van der Waals surface area (Å²) < 4.78 is 11.4. The smallest absolute Gasteiger partial charge is 0.334 e. The van der Waals surface area contributed by atoms with Gasteiger partial charge in [-0.3, -0.25) is 0 Å². The molecule has 5 heteroatoms. The topological polar surface area (TPSA) is 35.5 Å². The van der Waals surface area contributed by atoms with E-state index in [-0.39, 0.29) is 5.97 Å². The highest BCUT2D eigenvalue weighted by Crippen LogP contribution is 2.18. The first-order valence-electron chi connectivity index (χ1n) is 7.40. The van der Waals surface area contributed by atoms with Gasteiger partial charge in [0.2, 0.25) is 0 Å². The van der Waals surface area contributed by atoms with Crippen LogP contribution in [0.15, 0.2) is 47.8 Å². The van der Waals surface area contributed by atoms with E-state index in [0.29, 0.717) is 30.1 Å². The van der Waals surface area contributed by atoms with Crippen LogP contribution >= 0.6 is 34.2 Å². The Bertz CT molecular complexity index is 485. The lowest BCUT2D eigenvalue weighted by Gasteiger charge is -2.20. The lowest BCUT2D eigenvalue weighted by atomic mass is 10.1. The standard InChI is InChI=1S/C18H26ClIO3/c1-14(22-5)12-15(8-7-11-20)13-16(9-6-10-19)17(21)23-18(2,3)4/h7-8,12-13H,1,6,9-11H2,2-5H3/b8-7-,15-12+,16-13+. The molecule has 0 aliphatic rings. The van der Waals surface area contributed by atoms with Crippen molar-refractivity contribution in [1.82, 2.24) is 0 Å². The van der Waals surface area contributed by atoms with Crippen molar-refractivity contribution in [3.8, 4) is 0 Å². The van der Waals surface area contributed by atoms with E-state index in [2.05, 4.69) is 29.2 Å². The summed E-state index contributed by atoms with van der Waals surface area (Å²) in [7, 11) is 1.56. The zero-order chi connectivity index (χ0) is 17.9. The molecule has 0 aromatic carbocycles. The molecule has 0 unspecified atom stereocenters. The summed E-state index contributed by atoms with van der Waals surface area (Å²) in [6.07, 6.45) is 8.80. The van der Waals surface area contributed by atoms with Gasteiger partial charge in [0.25, 0.3) is 0 Å². The number of ether oxygens (including phenoxy) is 2. The maximum absolute atomic E-state index is 12.4. The Morgan fingerprint density at radius 1 is 1.30 bits per heavy atom. The molecule has 0 heterocycles. The van der Waals surface area contributed by atoms with E-state index >= 15 is 0 Å². The zero-order valence-electron chi connectivity index (χ0n) is 14.3. The number of rotatable bonds is 9. The van der Waals surface area contributed by atoms with E-state index in [9.17, 15) is 4.79 Å². The fraction of sp³-hybridized carbons (Fsp3) is 0.500. The van der Waals surface area contributed by atoms with Crippen LogP contribution in [-0.2, 0) is 14.3 Å². The molecule has 0 saturated heterocycles. The van der Waals surface area contributed by atoms with Crippen LogP contribution in [0.1, 0.15) is 33.6 Å². The van der Waals surface area contributed by atoms with Gasteiger partial charge in [-0.2, -0.15) is 0 Å². The summed E-state index contributed by atoms with van der Waals surface area (Å²) in [5.41, 5.74) is 0.896. The molecule has 0 radical (unpaired) electrons. The van der Waals surface area contributed by atoms with E-state index < -0.39 is 5.60 Å². The van der Waals surface area contributed by atoms with Crippen molar-refractivity contribution in [2.45, 2.75) is 39.2 Å². The molecule has 0 atom stereocenters. The van der Waals surface area contributed by atoms with Crippen molar-refractivity contribution in [1.29, 1.82) is 0 Å². The minimum absolute atomic E-state index is 0.320. The summed E-state index contributed by atoms with van der Waals surface area (Å²) in [6.45, 7) is 9.35. The molecule has 0 aliphatic carbocycles. The number of carbonyl (C=O) groups is 1. The molecular formula is C18H26ClIO3. The van der Waals surface area contributed by atoms with Crippen molar-refractivity contribution < 1.29 is 14.3 Å². The van der Waals surface area contributed by atoms with E-state index in [0.717, 1.165) is 10.0 Å². The lowest BCUT2D eigenvalue weighted by Crippen LogP contribution is -2.25. The first-order valence-corrected chi connectivity index (χ1v) is 9.46. The molecule has 0 rings (SSSR count). The molecule has 0 aromatic rings. The zero-order valence-corrected chi connectivity index (χ0v) is 17.2. The Morgan fingerprint density at radius 3 is 2.43 bits per heavy atom. The normalized spacial score (nSPS) is 13.3. The highest BCUT2D eigenvalue weighted by molar-refractivity contribution is 14.1. The number of carbonyl (C=O) groups excluding carboxylic acids is 1. The Morgan fingerprint density at radius 2 is 1.96 bits per heavy atom. The molecule has 0 fully saturated rings. The van der Waals surface area contributed by atoms with Gasteiger partial charge in [0, 0.05) is 15.9 Å². The Kier molecular flexibility index (Phi) is 11.4. The van der Waals surface area contributed by atoms with Crippen LogP contribution in [-0.4, -0.2) is 29.0 Å². The second-order valence-corrected chi connectivity index (χ2v) is 7.09. The molecule has 0 spiro atoms. The highest BCUT2D eigenvalue weighted by atomic mass is 127. The van der Waals surface area contributed by atoms with Gasteiger partial charge in [0.1, 0.15) is 11.4 Å². The number of methoxy groups -OCH3 is 1. The monoisotopic (exact) mass is 452 g/mol. The van der Waals surface area contributed by atoms with Crippen LogP contribution in [0.5, 0.6) is 0 Å². The maximum Gasteiger partial charge on any atom is 0.334 e. The molecule has 0 amide bonds. The van der Waals surface area contributed by atoms with E-state index in [4.69, 9.17) is 21.1 Å². The van der Waals surface area contributed by atoms with Crippen LogP contribution in [0.3, 0.4) is 0 Å². The number of hydrogen-bond donors (Lipinski definition) is 0. The van der Waals surface area contributed by atoms with Gasteiger partial charge >= 0.3 is 5.97 Å². The highest BCUT2D eigenvalue weighted by Gasteiger charge is 2.19. The van der Waals surface area contributed by atoms with Gasteiger partial charge in [-0.15, -0.1) is 11.6 Å². The summed E-state index contributed by atoms with van der Waals surface area (Å²) in [6, 6.07) is 0. The summed E-state index contributed by atoms with van der Waals surface area (Å²) >= 11 is 8.02. The second kappa shape index (κ2) is 11.7. The Balaban J connectivity index is 5.55. The largest absolute Gasteiger partial charge is 0.497 e. The predicted molar refractivity (Wildman–Crippen MR) is 106 cm³/mol. The van der Waals surface area contributed by atoms with Gasteiger partial charge in [0.05, 0.1) is 7.11 Å². The molecule has 23 heavy (non-hydrogen) atoms. The molecule has 0 N–H and O–H groups in total. The number of halogens is 2. The molecule has 130 valence electrons. The average Bonchev–Trinajstić information content (AvgIpc) is 2.46. The number of allylic oxidation sites excluding steroid dienone is 5. The van der Waals surface area contributed by atoms with Crippen LogP contribution < -0.4 is 0 Å². The van der Waals surface area contributed by atoms with Crippen molar-refractivity contribution >= 4 is 40.2 Å². The predicted octanol–water partition coefficient (Wildman–Crippen LogP) is 5.35. The molecular weight excluding hydrogens is 427 g/mol. The second-order valence-electron chi connectivity index (χ2n) is 5.84. The molecule has 0 bridgehead atoms. The number of alkyl halides is 2. The van der Waals surface area contributed by atoms with Gasteiger partial charge < -0.3 is 9.47 Å². The third-order valence-corrected chi connectivity index (χ3v) is 3.35. The van der Waals surface area contributed by atoms with E-state index in [1.807, 2.05) is 39.0 Å². The van der Waals surface area contributed by atoms with Crippen molar-refractivity contribution in [2.75, 3.05) is 17.4 Å². The van der Waals surface area contributed by atoms with Crippen LogP contribution in [0, 0.1) is 0 Å². The van der Waals surface area contributed by atoms with Gasteiger partial charge in [-0.05, 0) is 51.3 Å². The summed E-state index contributed by atoms with van der Waals surface area (Å²) in [5, 5.41) is 0. The third-order valence-electron chi connectivity index (χ3n) is 2.57. The van der Waals surface area contributed by atoms with E-state index in [1.165, 1.54) is 0 Å². The van der Waals surface area contributed by atoms with E-state index in [1.54, 1.807) is 13.2 Å². The van der Waals surface area contributed by atoms with Gasteiger partial charge in [0.15, 0.2) is 0 Å². The summed E-state index contributed by atoms with van der Waals surface area (Å²) in [4.78, 5) is 12.4. The van der Waals surface area contributed by atoms with Gasteiger partial charge in [-0.1, -0.05) is 41.3 Å². The van der Waals surface area contributed by atoms with Crippen LogP contribution in [0.2, 0.25) is 0 Å². The molecule has 0 aromatic heterocycles. The SMILES string of the molecule is C=C(/C=C(\C=C/CI)/C=C(\CCCCl)C(=O)OC(C)(C)C)OC. The minimum atomic E-state index is -0.533. The van der Waals surface area contributed by atoms with Crippen LogP contribution in [0.25, 0.3) is 0 Å². The number of esters is 1. The van der Waals surface area contributed by atoms with Crippen molar-refractivity contribution in [3.63, 3.8) is 0 Å². The summed E-state index contributed by atoms with van der Waals surface area (Å²) in [5.74, 6) is 0.697. The fourth-order valence-corrected chi connectivity index (χ4v) is 1.99.